The smallest absolute Gasteiger partial charge is 0.0405 e. The van der Waals surface area contributed by atoms with Gasteiger partial charge in [-0.25, -0.2) is 0 Å². The zero-order valence-corrected chi connectivity index (χ0v) is 14.8. The van der Waals surface area contributed by atoms with Crippen molar-refractivity contribution in [1.82, 2.24) is 0 Å². The van der Waals surface area contributed by atoms with Crippen molar-refractivity contribution in [3.8, 4) is 0 Å². The van der Waals surface area contributed by atoms with Gasteiger partial charge in [-0.2, -0.15) is 0 Å². The number of rotatable bonds is 4. The van der Waals surface area contributed by atoms with Gasteiger partial charge in [-0.3, -0.25) is 0 Å². The lowest BCUT2D eigenvalue weighted by Crippen LogP contribution is -1.95. The third-order valence-corrected chi connectivity index (χ3v) is 4.45. The van der Waals surface area contributed by atoms with Crippen molar-refractivity contribution in [2.45, 2.75) is 27.7 Å². The Morgan fingerprint density at radius 1 is 0.458 bits per heavy atom. The quantitative estimate of drug-likeness (QED) is 0.581. The van der Waals surface area contributed by atoms with E-state index in [0.29, 0.717) is 0 Å². The summed E-state index contributed by atoms with van der Waals surface area (Å²) in [4.78, 5) is 0. The van der Waals surface area contributed by atoms with E-state index in [-0.39, 0.29) is 0 Å². The Bertz CT molecular complexity index is 797. The van der Waals surface area contributed by atoms with Crippen molar-refractivity contribution in [3.63, 3.8) is 0 Å². The highest BCUT2D eigenvalue weighted by atomic mass is 14.9. The van der Waals surface area contributed by atoms with Crippen molar-refractivity contribution >= 4 is 22.7 Å². The lowest BCUT2D eigenvalue weighted by atomic mass is 10.1. The Balaban J connectivity index is 1.78. The van der Waals surface area contributed by atoms with E-state index in [2.05, 4.69) is 99.0 Å². The van der Waals surface area contributed by atoms with Crippen LogP contribution in [-0.2, 0) is 0 Å². The van der Waals surface area contributed by atoms with Crippen molar-refractivity contribution in [3.05, 3.63) is 82.9 Å². The van der Waals surface area contributed by atoms with Crippen LogP contribution in [0.4, 0.5) is 22.7 Å². The highest BCUT2D eigenvalue weighted by molar-refractivity contribution is 5.69. The molecule has 3 rings (SSSR count). The van der Waals surface area contributed by atoms with Crippen molar-refractivity contribution in [1.29, 1.82) is 0 Å². The molecule has 0 aromatic heterocycles. The summed E-state index contributed by atoms with van der Waals surface area (Å²) in [6.07, 6.45) is 0. The highest BCUT2D eigenvalue weighted by Gasteiger charge is 2.01. The first kappa shape index (κ1) is 16.1. The van der Waals surface area contributed by atoms with Gasteiger partial charge >= 0.3 is 0 Å². The number of aryl methyl sites for hydroxylation is 4. The molecule has 2 heteroatoms. The van der Waals surface area contributed by atoms with Crippen LogP contribution in [0.5, 0.6) is 0 Å². The molecule has 0 aliphatic carbocycles. The van der Waals surface area contributed by atoms with Crippen molar-refractivity contribution in [2.24, 2.45) is 0 Å². The van der Waals surface area contributed by atoms with Crippen LogP contribution in [0.3, 0.4) is 0 Å². The molecule has 0 fully saturated rings. The molecule has 0 spiro atoms. The lowest BCUT2D eigenvalue weighted by Gasteiger charge is -2.12. The molecule has 0 heterocycles. The predicted octanol–water partition coefficient (Wildman–Crippen LogP) is 6.41. The second-order valence-electron chi connectivity index (χ2n) is 6.43. The molecule has 0 aliphatic rings. The zero-order chi connectivity index (χ0) is 17.1. The Kier molecular flexibility index (Phi) is 4.57. The maximum absolute atomic E-state index is 3.48. The number of hydrogen-bond acceptors (Lipinski definition) is 2. The van der Waals surface area contributed by atoms with Gasteiger partial charge in [-0.05, 0) is 92.4 Å². The summed E-state index contributed by atoms with van der Waals surface area (Å²) >= 11 is 0. The van der Waals surface area contributed by atoms with E-state index in [4.69, 9.17) is 0 Å². The Morgan fingerprint density at radius 3 is 1.29 bits per heavy atom. The van der Waals surface area contributed by atoms with Crippen LogP contribution in [-0.4, -0.2) is 0 Å². The van der Waals surface area contributed by atoms with Crippen LogP contribution in [0.2, 0.25) is 0 Å². The van der Waals surface area contributed by atoms with Gasteiger partial charge in [0.2, 0.25) is 0 Å². The number of hydrogen-bond donors (Lipinski definition) is 2. The Morgan fingerprint density at radius 2 is 0.875 bits per heavy atom. The normalized spacial score (nSPS) is 10.5. The summed E-state index contributed by atoms with van der Waals surface area (Å²) in [6.45, 7) is 8.54. The Hall–Kier alpha value is -2.74. The van der Waals surface area contributed by atoms with Gasteiger partial charge in [-0.1, -0.05) is 18.2 Å². The van der Waals surface area contributed by atoms with E-state index in [1.165, 1.54) is 22.3 Å². The van der Waals surface area contributed by atoms with Crippen LogP contribution in [0, 0.1) is 27.7 Å². The van der Waals surface area contributed by atoms with Crippen LogP contribution in [0.15, 0.2) is 60.7 Å². The van der Waals surface area contributed by atoms with E-state index in [9.17, 15) is 0 Å². The standard InChI is InChI=1S/C22H24N2/c1-15-8-10-21(12-17(15)3)23-19-6-5-7-20(14-19)24-22-11-9-16(2)18(4)13-22/h5-14,23-24H,1-4H3. The Labute approximate surface area is 144 Å². The van der Waals surface area contributed by atoms with Crippen molar-refractivity contribution < 1.29 is 0 Å². The molecule has 3 aromatic rings. The first-order valence-corrected chi connectivity index (χ1v) is 8.30. The molecule has 24 heavy (non-hydrogen) atoms. The molecular weight excluding hydrogens is 292 g/mol. The second-order valence-corrected chi connectivity index (χ2v) is 6.43. The average molecular weight is 316 g/mol. The maximum Gasteiger partial charge on any atom is 0.0405 e. The third-order valence-electron chi connectivity index (χ3n) is 4.45. The summed E-state index contributed by atoms with van der Waals surface area (Å²) in [5.41, 5.74) is 9.59. The molecule has 3 aromatic carbocycles. The molecule has 2 nitrogen and oxygen atoms in total. The summed E-state index contributed by atoms with van der Waals surface area (Å²) < 4.78 is 0. The van der Waals surface area contributed by atoms with Crippen molar-refractivity contribution in [2.75, 3.05) is 10.6 Å². The van der Waals surface area contributed by atoms with E-state index < -0.39 is 0 Å². The van der Waals surface area contributed by atoms with E-state index in [1.807, 2.05) is 0 Å². The molecule has 0 amide bonds. The highest BCUT2D eigenvalue weighted by Crippen LogP contribution is 2.25. The summed E-state index contributed by atoms with van der Waals surface area (Å²) in [6, 6.07) is 21.2. The topological polar surface area (TPSA) is 24.1 Å². The minimum absolute atomic E-state index is 1.08. The van der Waals surface area contributed by atoms with Gasteiger partial charge in [0.1, 0.15) is 0 Å². The van der Waals surface area contributed by atoms with Crippen LogP contribution in [0.25, 0.3) is 0 Å². The molecule has 0 saturated heterocycles. The third kappa shape index (κ3) is 3.77. The summed E-state index contributed by atoms with van der Waals surface area (Å²) in [5.74, 6) is 0. The van der Waals surface area contributed by atoms with Gasteiger partial charge in [0.05, 0.1) is 0 Å². The minimum Gasteiger partial charge on any atom is -0.355 e. The SMILES string of the molecule is Cc1ccc(Nc2cccc(Nc3ccc(C)c(C)c3)c2)cc1C. The largest absolute Gasteiger partial charge is 0.355 e. The molecule has 0 radical (unpaired) electrons. The second kappa shape index (κ2) is 6.79. The zero-order valence-electron chi connectivity index (χ0n) is 14.8. The molecule has 0 unspecified atom stereocenters. The molecule has 0 aliphatic heterocycles. The molecule has 0 saturated carbocycles. The summed E-state index contributed by atoms with van der Waals surface area (Å²) in [7, 11) is 0. The van der Waals surface area contributed by atoms with Gasteiger partial charge in [-0.15, -0.1) is 0 Å². The number of nitrogens with one attached hydrogen (secondary N) is 2. The molecule has 0 atom stereocenters. The first-order chi connectivity index (χ1) is 11.5. The van der Waals surface area contributed by atoms with Gasteiger partial charge in [0, 0.05) is 22.7 Å². The first-order valence-electron chi connectivity index (χ1n) is 8.30. The molecular formula is C22H24N2. The fourth-order valence-electron chi connectivity index (χ4n) is 2.65. The van der Waals surface area contributed by atoms with Gasteiger partial charge in [0.15, 0.2) is 0 Å². The van der Waals surface area contributed by atoms with E-state index >= 15 is 0 Å². The molecule has 2 N–H and O–H groups in total. The monoisotopic (exact) mass is 316 g/mol. The minimum atomic E-state index is 1.08. The molecule has 0 bridgehead atoms. The fraction of sp³-hybridized carbons (Fsp3) is 0.182. The van der Waals surface area contributed by atoms with E-state index in [0.717, 1.165) is 22.7 Å². The maximum atomic E-state index is 3.48. The van der Waals surface area contributed by atoms with Crippen LogP contribution in [0.1, 0.15) is 22.3 Å². The number of benzene rings is 3. The lowest BCUT2D eigenvalue weighted by molar-refractivity contribution is 1.33. The molecule has 122 valence electrons. The van der Waals surface area contributed by atoms with Crippen LogP contribution < -0.4 is 10.6 Å². The summed E-state index contributed by atoms with van der Waals surface area (Å²) in [5, 5.41) is 6.96. The average Bonchev–Trinajstić information content (AvgIpc) is 2.55. The van der Waals surface area contributed by atoms with Gasteiger partial charge < -0.3 is 10.6 Å². The predicted molar refractivity (Wildman–Crippen MR) is 105 cm³/mol. The van der Waals surface area contributed by atoms with Gasteiger partial charge in [0.25, 0.3) is 0 Å². The number of anilines is 4. The fourth-order valence-corrected chi connectivity index (χ4v) is 2.65. The van der Waals surface area contributed by atoms with E-state index in [1.54, 1.807) is 0 Å². The van der Waals surface area contributed by atoms with Crippen LogP contribution >= 0.6 is 0 Å².